The van der Waals surface area contributed by atoms with Gasteiger partial charge in [0, 0.05) is 11.3 Å². The van der Waals surface area contributed by atoms with Crippen LogP contribution in [0.4, 0.5) is 5.69 Å². The van der Waals surface area contributed by atoms with Crippen molar-refractivity contribution in [2.24, 2.45) is 7.05 Å². The van der Waals surface area contributed by atoms with Crippen molar-refractivity contribution >= 4 is 11.6 Å². The van der Waals surface area contributed by atoms with Crippen molar-refractivity contribution in [3.05, 3.63) is 91.4 Å². The van der Waals surface area contributed by atoms with Gasteiger partial charge in [0.2, 0.25) is 6.33 Å². The van der Waals surface area contributed by atoms with Crippen LogP contribution in [0.5, 0.6) is 5.75 Å². The van der Waals surface area contributed by atoms with Gasteiger partial charge in [-0.2, -0.15) is 0 Å². The summed E-state index contributed by atoms with van der Waals surface area (Å²) in [5.74, 6) is 0.456. The maximum absolute atomic E-state index is 12.2. The Labute approximate surface area is 169 Å². The zero-order valence-corrected chi connectivity index (χ0v) is 16.1. The molecule has 0 saturated heterocycles. The van der Waals surface area contributed by atoms with E-state index >= 15 is 0 Å². The molecule has 0 aliphatic carbocycles. The monoisotopic (exact) mass is 384 g/mol. The summed E-state index contributed by atoms with van der Waals surface area (Å²) >= 11 is 0. The molecule has 0 bridgehead atoms. The molecule has 1 amide bonds. The average Bonchev–Trinajstić information content (AvgIpc) is 3.20. The molecule has 1 aromatic heterocycles. The number of amides is 1. The van der Waals surface area contributed by atoms with Crippen molar-refractivity contribution < 1.29 is 14.1 Å². The van der Waals surface area contributed by atoms with Crippen LogP contribution in [0.2, 0.25) is 0 Å². The molecule has 5 nitrogen and oxygen atoms in total. The Kier molecular flexibility index (Phi) is 5.38. The molecular weight excluding hydrogens is 362 g/mol. The first-order valence-electron chi connectivity index (χ1n) is 9.39. The number of benzene rings is 3. The number of aryl methyl sites for hydroxylation is 1. The summed E-state index contributed by atoms with van der Waals surface area (Å²) in [7, 11) is 1.96. The third-order valence-electron chi connectivity index (χ3n) is 4.57. The van der Waals surface area contributed by atoms with Crippen LogP contribution in [-0.2, 0) is 11.8 Å². The molecule has 5 heteroatoms. The molecule has 0 unspecified atom stereocenters. The number of carbonyl (C=O) groups excluding carboxylic acids is 1. The lowest BCUT2D eigenvalue weighted by Gasteiger charge is -2.09. The standard InChI is InChI=1S/C24H21N3O2/c1-27-15-23(25-17-27)20-9-13-22(14-10-20)29-16-24(28)26-21-11-7-19(8-12-21)18-5-3-2-4-6-18/h2-15,17H,16H2,1H3,(H,26,28)/p+1. The minimum Gasteiger partial charge on any atom is -0.484 e. The second-order valence-corrected chi connectivity index (χ2v) is 6.79. The Morgan fingerprint density at radius 2 is 1.55 bits per heavy atom. The number of imidazole rings is 1. The van der Waals surface area contributed by atoms with Gasteiger partial charge in [0.1, 0.15) is 11.9 Å². The number of hydrogen-bond donors (Lipinski definition) is 2. The Balaban J connectivity index is 1.31. The second kappa shape index (κ2) is 8.44. The van der Waals surface area contributed by atoms with E-state index in [1.54, 1.807) is 0 Å². The highest BCUT2D eigenvalue weighted by molar-refractivity contribution is 5.92. The van der Waals surface area contributed by atoms with Gasteiger partial charge in [0.15, 0.2) is 12.3 Å². The zero-order valence-electron chi connectivity index (χ0n) is 16.1. The molecule has 144 valence electrons. The van der Waals surface area contributed by atoms with Gasteiger partial charge in [-0.05, 0) is 47.5 Å². The van der Waals surface area contributed by atoms with Crippen molar-refractivity contribution in [1.29, 1.82) is 0 Å². The van der Waals surface area contributed by atoms with E-state index in [1.165, 1.54) is 0 Å². The van der Waals surface area contributed by atoms with Crippen LogP contribution >= 0.6 is 0 Å². The number of nitrogens with one attached hydrogen (secondary N) is 2. The van der Waals surface area contributed by atoms with Gasteiger partial charge < -0.3 is 10.1 Å². The van der Waals surface area contributed by atoms with Gasteiger partial charge in [-0.3, -0.25) is 4.79 Å². The zero-order chi connectivity index (χ0) is 20.1. The lowest BCUT2D eigenvalue weighted by Crippen LogP contribution is -2.22. The van der Waals surface area contributed by atoms with Gasteiger partial charge in [-0.1, -0.05) is 42.5 Å². The maximum atomic E-state index is 12.2. The van der Waals surface area contributed by atoms with Crippen LogP contribution < -0.4 is 14.6 Å². The second-order valence-electron chi connectivity index (χ2n) is 6.79. The largest absolute Gasteiger partial charge is 0.484 e. The quantitative estimate of drug-likeness (QED) is 0.490. The predicted octanol–water partition coefficient (Wildman–Crippen LogP) is 4.19. The molecule has 0 spiro atoms. The van der Waals surface area contributed by atoms with Crippen molar-refractivity contribution in [3.8, 4) is 28.1 Å². The highest BCUT2D eigenvalue weighted by atomic mass is 16.5. The third-order valence-corrected chi connectivity index (χ3v) is 4.57. The van der Waals surface area contributed by atoms with Crippen molar-refractivity contribution in [2.45, 2.75) is 0 Å². The van der Waals surface area contributed by atoms with Crippen LogP contribution in [0.3, 0.4) is 0 Å². The number of hydrogen-bond acceptors (Lipinski definition) is 2. The number of nitrogens with zero attached hydrogens (tertiary/aromatic N) is 1. The van der Waals surface area contributed by atoms with E-state index in [2.05, 4.69) is 22.4 Å². The molecule has 0 aliphatic heterocycles. The molecule has 4 rings (SSSR count). The van der Waals surface area contributed by atoms with Crippen LogP contribution in [-0.4, -0.2) is 17.5 Å². The highest BCUT2D eigenvalue weighted by Gasteiger charge is 2.08. The summed E-state index contributed by atoms with van der Waals surface area (Å²) in [6, 6.07) is 25.5. The van der Waals surface area contributed by atoms with E-state index in [9.17, 15) is 4.79 Å². The molecule has 0 saturated carbocycles. The molecular formula is C24H22N3O2+. The van der Waals surface area contributed by atoms with Crippen molar-refractivity contribution in [2.75, 3.05) is 11.9 Å². The maximum Gasteiger partial charge on any atom is 0.262 e. The molecule has 0 fully saturated rings. The fourth-order valence-electron chi connectivity index (χ4n) is 3.06. The van der Waals surface area contributed by atoms with E-state index in [4.69, 9.17) is 4.74 Å². The minimum atomic E-state index is -0.196. The molecule has 0 radical (unpaired) electrons. The number of ether oxygens (including phenoxy) is 1. The fourth-order valence-corrected chi connectivity index (χ4v) is 3.06. The molecule has 29 heavy (non-hydrogen) atoms. The lowest BCUT2D eigenvalue weighted by molar-refractivity contribution is -0.669. The summed E-state index contributed by atoms with van der Waals surface area (Å²) in [5, 5.41) is 2.86. The number of aromatic amines is 1. The third kappa shape index (κ3) is 4.71. The normalized spacial score (nSPS) is 10.5. The average molecular weight is 384 g/mol. The molecule has 2 N–H and O–H groups in total. The van der Waals surface area contributed by atoms with Crippen molar-refractivity contribution in [1.82, 2.24) is 4.98 Å². The first kappa shape index (κ1) is 18.5. The van der Waals surface area contributed by atoms with Gasteiger partial charge in [-0.25, -0.2) is 9.55 Å². The Bertz CT molecular complexity index is 1090. The van der Waals surface area contributed by atoms with E-state index in [1.807, 2.05) is 90.9 Å². The van der Waals surface area contributed by atoms with Gasteiger partial charge >= 0.3 is 0 Å². The Morgan fingerprint density at radius 1 is 0.897 bits per heavy atom. The molecule has 3 aromatic carbocycles. The number of rotatable bonds is 6. The summed E-state index contributed by atoms with van der Waals surface area (Å²) < 4.78 is 7.56. The fraction of sp³-hybridized carbons (Fsp3) is 0.0833. The smallest absolute Gasteiger partial charge is 0.262 e. The van der Waals surface area contributed by atoms with Gasteiger partial charge in [0.25, 0.3) is 5.91 Å². The van der Waals surface area contributed by atoms with Crippen molar-refractivity contribution in [3.63, 3.8) is 0 Å². The van der Waals surface area contributed by atoms with E-state index in [0.717, 1.165) is 28.1 Å². The molecule has 4 aromatic rings. The molecule has 0 atom stereocenters. The van der Waals surface area contributed by atoms with Crippen LogP contribution in [0, 0.1) is 0 Å². The molecule has 0 aliphatic rings. The number of H-pyrrole nitrogens is 1. The summed E-state index contributed by atoms with van der Waals surface area (Å²) in [4.78, 5) is 15.4. The first-order valence-corrected chi connectivity index (χ1v) is 9.39. The van der Waals surface area contributed by atoms with E-state index in [-0.39, 0.29) is 12.5 Å². The topological polar surface area (TPSA) is 58.0 Å². The lowest BCUT2D eigenvalue weighted by atomic mass is 10.1. The van der Waals surface area contributed by atoms with Gasteiger partial charge in [0.05, 0.1) is 7.05 Å². The summed E-state index contributed by atoms with van der Waals surface area (Å²) in [6.45, 7) is -0.0444. The SMILES string of the molecule is C[n+]1c[nH]c(-c2ccc(OCC(=O)Nc3ccc(-c4ccccc4)cc3)cc2)c1. The van der Waals surface area contributed by atoms with Crippen LogP contribution in [0.1, 0.15) is 0 Å². The minimum absolute atomic E-state index is 0.0444. The predicted molar refractivity (Wildman–Crippen MR) is 113 cm³/mol. The van der Waals surface area contributed by atoms with E-state index < -0.39 is 0 Å². The molecule has 1 heterocycles. The Hall–Kier alpha value is -3.86. The van der Waals surface area contributed by atoms with Crippen LogP contribution in [0.25, 0.3) is 22.4 Å². The number of aromatic nitrogens is 2. The summed E-state index contributed by atoms with van der Waals surface area (Å²) in [6.07, 6.45) is 3.89. The highest BCUT2D eigenvalue weighted by Crippen LogP contribution is 2.22. The van der Waals surface area contributed by atoms with E-state index in [0.29, 0.717) is 5.75 Å². The van der Waals surface area contributed by atoms with Gasteiger partial charge in [-0.15, -0.1) is 0 Å². The number of anilines is 1. The Morgan fingerprint density at radius 3 is 2.21 bits per heavy atom. The van der Waals surface area contributed by atoms with Crippen LogP contribution in [0.15, 0.2) is 91.4 Å². The number of carbonyl (C=O) groups is 1. The summed E-state index contributed by atoms with van der Waals surface area (Å²) in [5.41, 5.74) is 5.07. The first-order chi connectivity index (χ1) is 14.2.